The summed E-state index contributed by atoms with van der Waals surface area (Å²) in [5, 5.41) is 5.43. The summed E-state index contributed by atoms with van der Waals surface area (Å²) in [6.45, 7) is 1.56. The molecule has 1 atom stereocenters. The van der Waals surface area contributed by atoms with Crippen LogP contribution in [0.4, 0.5) is 0 Å². The number of nitrogens with one attached hydrogen (secondary N) is 3. The van der Waals surface area contributed by atoms with E-state index in [1.165, 1.54) is 16.6 Å². The number of amides is 2. The molecule has 3 heterocycles. The third-order valence-corrected chi connectivity index (χ3v) is 7.17. The molecule has 0 aromatic carbocycles. The second kappa shape index (κ2) is 7.79. The Kier molecular flexibility index (Phi) is 5.70. The summed E-state index contributed by atoms with van der Waals surface area (Å²) in [5.74, 6) is 0.871. The van der Waals surface area contributed by atoms with Crippen molar-refractivity contribution in [2.45, 2.75) is 30.2 Å². The molecule has 3 rings (SSSR count). The van der Waals surface area contributed by atoms with Crippen molar-refractivity contribution in [3.63, 3.8) is 0 Å². The van der Waals surface area contributed by atoms with Gasteiger partial charge < -0.3 is 15.6 Å². The van der Waals surface area contributed by atoms with Crippen molar-refractivity contribution in [1.29, 1.82) is 0 Å². The van der Waals surface area contributed by atoms with Gasteiger partial charge in [0.2, 0.25) is 15.9 Å². The summed E-state index contributed by atoms with van der Waals surface area (Å²) in [7, 11) is -3.59. The molecule has 2 fully saturated rings. The van der Waals surface area contributed by atoms with E-state index in [0.717, 1.165) is 24.3 Å². The Morgan fingerprint density at radius 2 is 2.04 bits per heavy atom. The number of carbonyl (C=O) groups excluding carboxylic acids is 2. The van der Waals surface area contributed by atoms with E-state index >= 15 is 0 Å². The van der Waals surface area contributed by atoms with Crippen LogP contribution in [0.25, 0.3) is 0 Å². The smallest absolute Gasteiger partial charge is 0.268 e. The number of rotatable bonds is 4. The second-order valence-corrected chi connectivity index (χ2v) is 9.24. The van der Waals surface area contributed by atoms with Gasteiger partial charge in [0.1, 0.15) is 16.6 Å². The Morgan fingerprint density at radius 1 is 1.28 bits per heavy atom. The quantitative estimate of drug-likeness (QED) is 0.682. The van der Waals surface area contributed by atoms with Crippen LogP contribution in [0.5, 0.6) is 0 Å². The molecule has 2 saturated heterocycles. The summed E-state index contributed by atoms with van der Waals surface area (Å²) in [6, 6.07) is 0.749. The van der Waals surface area contributed by atoms with Crippen molar-refractivity contribution < 1.29 is 18.0 Å². The molecule has 1 aromatic rings. The van der Waals surface area contributed by atoms with E-state index in [1.54, 1.807) is 11.8 Å². The van der Waals surface area contributed by atoms with E-state index in [0.29, 0.717) is 26.1 Å². The first kappa shape index (κ1) is 18.3. The van der Waals surface area contributed by atoms with Crippen molar-refractivity contribution in [2.24, 2.45) is 0 Å². The predicted octanol–water partition coefficient (Wildman–Crippen LogP) is 0.151. The van der Waals surface area contributed by atoms with Gasteiger partial charge in [-0.25, -0.2) is 8.42 Å². The number of H-pyrrole nitrogens is 1. The number of carbonyl (C=O) groups is 2. The Morgan fingerprint density at radius 3 is 2.80 bits per heavy atom. The maximum absolute atomic E-state index is 12.6. The lowest BCUT2D eigenvalue weighted by molar-refractivity contribution is -0.122. The van der Waals surface area contributed by atoms with Crippen molar-refractivity contribution >= 4 is 33.6 Å². The van der Waals surface area contributed by atoms with Gasteiger partial charge in [-0.2, -0.15) is 16.1 Å². The molecule has 0 saturated carbocycles. The van der Waals surface area contributed by atoms with Crippen molar-refractivity contribution in [3.05, 3.63) is 18.0 Å². The minimum absolute atomic E-state index is 0.0786. The molecule has 1 unspecified atom stereocenters. The summed E-state index contributed by atoms with van der Waals surface area (Å²) in [5.41, 5.74) is 0.141. The minimum atomic E-state index is -3.59. The van der Waals surface area contributed by atoms with E-state index < -0.39 is 22.0 Å². The maximum Gasteiger partial charge on any atom is 0.268 e. The predicted molar refractivity (Wildman–Crippen MR) is 95.0 cm³/mol. The number of aromatic amines is 1. The number of nitrogens with zero attached hydrogens (tertiary/aromatic N) is 1. The highest BCUT2D eigenvalue weighted by Gasteiger charge is 2.29. The molecule has 2 aliphatic heterocycles. The number of hydrogen-bond donors (Lipinski definition) is 3. The topological polar surface area (TPSA) is 111 Å². The molecule has 0 spiro atoms. The van der Waals surface area contributed by atoms with Crippen molar-refractivity contribution in [1.82, 2.24) is 19.9 Å². The molecular formula is C15H22N4O4S2. The van der Waals surface area contributed by atoms with E-state index in [9.17, 15) is 18.0 Å². The molecule has 1 aromatic heterocycles. The standard InChI is InChI=1S/C15H22N4O4S2/c20-14-12(3-1-2-4-16-14)18-15(21)13-9-11(10-17-13)25(22,23)19-5-7-24-8-6-19/h9-10,12,17H,1-8H2,(H,16,20)(H,18,21). The van der Waals surface area contributed by atoms with Crippen LogP contribution in [0, 0.1) is 0 Å². The Bertz CT molecular complexity index is 740. The van der Waals surface area contributed by atoms with Gasteiger partial charge in [-0.3, -0.25) is 9.59 Å². The van der Waals surface area contributed by atoms with Crippen LogP contribution in [0.15, 0.2) is 17.2 Å². The van der Waals surface area contributed by atoms with E-state index in [4.69, 9.17) is 0 Å². The Balaban J connectivity index is 1.69. The van der Waals surface area contributed by atoms with Crippen molar-refractivity contribution in [2.75, 3.05) is 31.1 Å². The number of hydrogen-bond acceptors (Lipinski definition) is 5. The molecule has 8 nitrogen and oxygen atoms in total. The van der Waals surface area contributed by atoms with Crippen LogP contribution in [0.3, 0.4) is 0 Å². The summed E-state index contributed by atoms with van der Waals surface area (Å²) in [4.78, 5) is 27.1. The van der Waals surface area contributed by atoms with Gasteiger partial charge in [-0.05, 0) is 25.3 Å². The zero-order valence-corrected chi connectivity index (χ0v) is 15.4. The third kappa shape index (κ3) is 4.18. The van der Waals surface area contributed by atoms with Gasteiger partial charge in [0.15, 0.2) is 0 Å². The molecule has 2 amide bonds. The van der Waals surface area contributed by atoms with Crippen LogP contribution >= 0.6 is 11.8 Å². The molecule has 0 radical (unpaired) electrons. The van der Waals surface area contributed by atoms with E-state index in [2.05, 4.69) is 15.6 Å². The minimum Gasteiger partial charge on any atom is -0.356 e. The maximum atomic E-state index is 12.6. The SMILES string of the molecule is O=C(NC1CCCCNC1=O)c1cc(S(=O)(=O)N2CCSCC2)c[nH]1. The van der Waals surface area contributed by atoms with Gasteiger partial charge in [-0.15, -0.1) is 0 Å². The molecular weight excluding hydrogens is 364 g/mol. The molecule has 0 aliphatic carbocycles. The van der Waals surface area contributed by atoms with Crippen LogP contribution in [-0.2, 0) is 14.8 Å². The van der Waals surface area contributed by atoms with Crippen LogP contribution in [0.2, 0.25) is 0 Å². The number of thioether (sulfide) groups is 1. The van der Waals surface area contributed by atoms with Gasteiger partial charge >= 0.3 is 0 Å². The lowest BCUT2D eigenvalue weighted by Gasteiger charge is -2.24. The molecule has 3 N–H and O–H groups in total. The second-order valence-electron chi connectivity index (χ2n) is 6.08. The lowest BCUT2D eigenvalue weighted by Crippen LogP contribution is -2.45. The molecule has 138 valence electrons. The largest absolute Gasteiger partial charge is 0.356 e. The monoisotopic (exact) mass is 386 g/mol. The average Bonchev–Trinajstić information content (AvgIpc) is 3.04. The third-order valence-electron chi connectivity index (χ3n) is 4.35. The highest BCUT2D eigenvalue weighted by atomic mass is 32.2. The zero-order chi connectivity index (χ0) is 17.9. The fourth-order valence-corrected chi connectivity index (χ4v) is 5.47. The van der Waals surface area contributed by atoms with Crippen molar-refractivity contribution in [3.8, 4) is 0 Å². The first-order valence-electron chi connectivity index (χ1n) is 8.33. The lowest BCUT2D eigenvalue weighted by atomic mass is 10.1. The van der Waals surface area contributed by atoms with Gasteiger partial charge in [0, 0.05) is 37.3 Å². The fraction of sp³-hybridized carbons (Fsp3) is 0.600. The molecule has 10 heteroatoms. The summed E-state index contributed by atoms with van der Waals surface area (Å²) in [6.07, 6.45) is 3.65. The highest BCUT2D eigenvalue weighted by Crippen LogP contribution is 2.21. The average molecular weight is 386 g/mol. The molecule has 0 bridgehead atoms. The number of sulfonamides is 1. The first-order chi connectivity index (χ1) is 12.0. The van der Waals surface area contributed by atoms with E-state index in [-0.39, 0.29) is 16.5 Å². The van der Waals surface area contributed by atoms with Crippen LogP contribution < -0.4 is 10.6 Å². The first-order valence-corrected chi connectivity index (χ1v) is 10.9. The summed E-state index contributed by atoms with van der Waals surface area (Å²) >= 11 is 1.73. The van der Waals surface area contributed by atoms with Crippen LogP contribution in [0.1, 0.15) is 29.8 Å². The van der Waals surface area contributed by atoms with E-state index in [1.807, 2.05) is 0 Å². The molecule has 25 heavy (non-hydrogen) atoms. The number of aromatic nitrogens is 1. The Hall–Kier alpha value is -1.52. The van der Waals surface area contributed by atoms with Gasteiger partial charge in [0.05, 0.1) is 0 Å². The summed E-state index contributed by atoms with van der Waals surface area (Å²) < 4.78 is 26.7. The van der Waals surface area contributed by atoms with Gasteiger partial charge in [-0.1, -0.05) is 0 Å². The fourth-order valence-electron chi connectivity index (χ4n) is 2.90. The highest BCUT2D eigenvalue weighted by molar-refractivity contribution is 7.99. The van der Waals surface area contributed by atoms with Gasteiger partial charge in [0.25, 0.3) is 5.91 Å². The molecule has 2 aliphatic rings. The Labute approximate surface area is 151 Å². The van der Waals surface area contributed by atoms with Crippen LogP contribution in [-0.4, -0.2) is 66.7 Å². The zero-order valence-electron chi connectivity index (χ0n) is 13.8. The normalized spacial score (nSPS) is 22.9.